The third kappa shape index (κ3) is 3.14. The molecule has 1 fully saturated rings. The number of phenols is 1. The van der Waals surface area contributed by atoms with Gasteiger partial charge in [0, 0.05) is 5.92 Å². The van der Waals surface area contributed by atoms with Gasteiger partial charge in [0.1, 0.15) is 11.5 Å². The van der Waals surface area contributed by atoms with Crippen molar-refractivity contribution >= 4 is 5.78 Å². The van der Waals surface area contributed by atoms with E-state index in [4.69, 9.17) is 14.2 Å². The number of hydrogen-bond donors (Lipinski definition) is 1. The van der Waals surface area contributed by atoms with Crippen LogP contribution in [0.25, 0.3) is 0 Å². The fourth-order valence-electron chi connectivity index (χ4n) is 3.36. The lowest BCUT2D eigenvalue weighted by molar-refractivity contribution is 0.0815. The van der Waals surface area contributed by atoms with Crippen molar-refractivity contribution in [1.82, 2.24) is 0 Å². The van der Waals surface area contributed by atoms with Crippen LogP contribution in [-0.4, -0.2) is 32.2 Å². The van der Waals surface area contributed by atoms with Gasteiger partial charge in [0.05, 0.1) is 26.9 Å². The molecule has 0 aromatic heterocycles. The summed E-state index contributed by atoms with van der Waals surface area (Å²) in [5.74, 6) is 1.70. The van der Waals surface area contributed by atoms with Gasteiger partial charge in [-0.05, 0) is 54.7 Å². The zero-order valence-electron chi connectivity index (χ0n) is 14.6. The lowest BCUT2D eigenvalue weighted by Gasteiger charge is -2.36. The smallest absolute Gasteiger partial charge is 0.170 e. The molecule has 0 aliphatic heterocycles. The van der Waals surface area contributed by atoms with Gasteiger partial charge in [0.15, 0.2) is 17.3 Å². The second-order valence-electron chi connectivity index (χ2n) is 6.15. The molecule has 1 N–H and O–H groups in total. The first-order valence-electron chi connectivity index (χ1n) is 8.22. The first kappa shape index (κ1) is 17.1. The summed E-state index contributed by atoms with van der Waals surface area (Å²) in [6.45, 7) is 0. The van der Waals surface area contributed by atoms with E-state index in [1.807, 2.05) is 6.07 Å². The number of phenolic OH excluding ortho intramolecular Hbond substituents is 1. The van der Waals surface area contributed by atoms with Gasteiger partial charge >= 0.3 is 0 Å². The SMILES string of the molecule is COc1ccc(OC)c(C(=O)C2CCC2c2ccc(OC)c(O)c2)c1. The van der Waals surface area contributed by atoms with Crippen molar-refractivity contribution < 1.29 is 24.1 Å². The molecule has 0 radical (unpaired) electrons. The second kappa shape index (κ2) is 7.05. The Bertz CT molecular complexity index is 784. The monoisotopic (exact) mass is 342 g/mol. The summed E-state index contributed by atoms with van der Waals surface area (Å²) in [4.78, 5) is 13.0. The number of Topliss-reactive ketones (excluding diaryl/α,β-unsaturated/α-hetero) is 1. The van der Waals surface area contributed by atoms with Crippen LogP contribution in [0.15, 0.2) is 36.4 Å². The molecule has 0 amide bonds. The molecule has 1 saturated carbocycles. The molecule has 0 bridgehead atoms. The molecular weight excluding hydrogens is 320 g/mol. The summed E-state index contributed by atoms with van der Waals surface area (Å²) in [7, 11) is 4.64. The molecule has 1 aliphatic carbocycles. The summed E-state index contributed by atoms with van der Waals surface area (Å²) in [5.41, 5.74) is 1.49. The van der Waals surface area contributed by atoms with Gasteiger partial charge in [0.25, 0.3) is 0 Å². The van der Waals surface area contributed by atoms with Gasteiger partial charge in [-0.25, -0.2) is 0 Å². The van der Waals surface area contributed by atoms with Crippen LogP contribution in [0.4, 0.5) is 0 Å². The number of methoxy groups -OCH3 is 3. The fourth-order valence-corrected chi connectivity index (χ4v) is 3.36. The zero-order chi connectivity index (χ0) is 18.0. The Balaban J connectivity index is 1.87. The molecule has 25 heavy (non-hydrogen) atoms. The van der Waals surface area contributed by atoms with Crippen molar-refractivity contribution in [1.29, 1.82) is 0 Å². The topological polar surface area (TPSA) is 65.0 Å². The van der Waals surface area contributed by atoms with E-state index in [-0.39, 0.29) is 23.4 Å². The number of rotatable bonds is 6. The standard InChI is InChI=1S/C20H22O5/c1-23-13-5-9-18(24-2)16(11-13)20(22)15-7-6-14(15)12-4-8-19(25-3)17(21)10-12/h4-5,8-11,14-15,21H,6-7H2,1-3H3. The van der Waals surface area contributed by atoms with E-state index in [0.717, 1.165) is 18.4 Å². The van der Waals surface area contributed by atoms with E-state index < -0.39 is 0 Å². The van der Waals surface area contributed by atoms with E-state index >= 15 is 0 Å². The Labute approximate surface area is 147 Å². The highest BCUT2D eigenvalue weighted by molar-refractivity contribution is 6.01. The maximum Gasteiger partial charge on any atom is 0.170 e. The molecule has 2 aromatic rings. The molecule has 132 valence electrons. The van der Waals surface area contributed by atoms with E-state index in [1.54, 1.807) is 44.6 Å². The van der Waals surface area contributed by atoms with Crippen molar-refractivity contribution in [2.24, 2.45) is 5.92 Å². The highest BCUT2D eigenvalue weighted by atomic mass is 16.5. The second-order valence-corrected chi connectivity index (χ2v) is 6.15. The van der Waals surface area contributed by atoms with Crippen LogP contribution in [0.1, 0.15) is 34.7 Å². The molecule has 1 aliphatic rings. The molecular formula is C20H22O5. The van der Waals surface area contributed by atoms with Crippen molar-refractivity contribution in [3.05, 3.63) is 47.5 Å². The van der Waals surface area contributed by atoms with Crippen LogP contribution < -0.4 is 14.2 Å². The summed E-state index contributed by atoms with van der Waals surface area (Å²) in [5, 5.41) is 10.0. The highest BCUT2D eigenvalue weighted by Gasteiger charge is 2.39. The van der Waals surface area contributed by atoms with Crippen LogP contribution >= 0.6 is 0 Å². The van der Waals surface area contributed by atoms with Gasteiger partial charge in [0.2, 0.25) is 0 Å². The number of hydrogen-bond acceptors (Lipinski definition) is 5. The number of benzene rings is 2. The normalized spacial score (nSPS) is 19.0. The van der Waals surface area contributed by atoms with Crippen LogP contribution in [0.3, 0.4) is 0 Å². The average Bonchev–Trinajstić information content (AvgIpc) is 2.60. The lowest BCUT2D eigenvalue weighted by Crippen LogP contribution is -2.31. The molecule has 5 nitrogen and oxygen atoms in total. The van der Waals surface area contributed by atoms with Crippen LogP contribution in [0.5, 0.6) is 23.0 Å². The molecule has 2 aromatic carbocycles. The Morgan fingerprint density at radius 3 is 2.24 bits per heavy atom. The van der Waals surface area contributed by atoms with E-state index in [1.165, 1.54) is 7.11 Å². The lowest BCUT2D eigenvalue weighted by atomic mass is 9.67. The number of aromatic hydroxyl groups is 1. The molecule has 3 rings (SSSR count). The number of carbonyl (C=O) groups excluding carboxylic acids is 1. The Hall–Kier alpha value is -2.69. The predicted octanol–water partition coefficient (Wildman–Crippen LogP) is 3.79. The van der Waals surface area contributed by atoms with Gasteiger partial charge < -0.3 is 19.3 Å². The third-order valence-electron chi connectivity index (χ3n) is 4.91. The maximum absolute atomic E-state index is 13.0. The minimum absolute atomic E-state index is 0.0438. The van der Waals surface area contributed by atoms with Gasteiger partial charge in [-0.2, -0.15) is 0 Å². The minimum Gasteiger partial charge on any atom is -0.504 e. The minimum atomic E-state index is -0.131. The largest absolute Gasteiger partial charge is 0.504 e. The molecule has 2 unspecified atom stereocenters. The van der Waals surface area contributed by atoms with E-state index in [2.05, 4.69) is 0 Å². The summed E-state index contributed by atoms with van der Waals surface area (Å²) >= 11 is 0. The van der Waals surface area contributed by atoms with E-state index in [9.17, 15) is 9.90 Å². The molecule has 0 spiro atoms. The quantitative estimate of drug-likeness (QED) is 0.809. The Morgan fingerprint density at radius 1 is 0.960 bits per heavy atom. The first-order valence-corrected chi connectivity index (χ1v) is 8.22. The van der Waals surface area contributed by atoms with Crippen LogP contribution in [0, 0.1) is 5.92 Å². The highest BCUT2D eigenvalue weighted by Crippen LogP contribution is 2.46. The van der Waals surface area contributed by atoms with Crippen molar-refractivity contribution in [3.8, 4) is 23.0 Å². The maximum atomic E-state index is 13.0. The predicted molar refractivity (Wildman–Crippen MR) is 94.0 cm³/mol. The van der Waals surface area contributed by atoms with E-state index in [0.29, 0.717) is 22.8 Å². The fraction of sp³-hybridized carbons (Fsp3) is 0.350. The zero-order valence-corrected chi connectivity index (χ0v) is 14.6. The summed E-state index contributed by atoms with van der Waals surface area (Å²) in [6, 6.07) is 10.6. The number of ketones is 1. The average molecular weight is 342 g/mol. The van der Waals surface area contributed by atoms with Crippen molar-refractivity contribution in [2.75, 3.05) is 21.3 Å². The van der Waals surface area contributed by atoms with Crippen LogP contribution in [-0.2, 0) is 0 Å². The molecule has 5 heteroatoms. The van der Waals surface area contributed by atoms with Crippen molar-refractivity contribution in [3.63, 3.8) is 0 Å². The van der Waals surface area contributed by atoms with Gasteiger partial charge in [-0.3, -0.25) is 4.79 Å². The third-order valence-corrected chi connectivity index (χ3v) is 4.91. The number of ether oxygens (including phenoxy) is 3. The van der Waals surface area contributed by atoms with Crippen LogP contribution in [0.2, 0.25) is 0 Å². The summed E-state index contributed by atoms with van der Waals surface area (Å²) in [6.07, 6.45) is 1.73. The Morgan fingerprint density at radius 2 is 1.68 bits per heavy atom. The molecule has 2 atom stereocenters. The number of carbonyl (C=O) groups is 1. The molecule has 0 heterocycles. The van der Waals surface area contributed by atoms with Gasteiger partial charge in [-0.15, -0.1) is 0 Å². The Kier molecular flexibility index (Phi) is 4.83. The molecule has 0 saturated heterocycles. The van der Waals surface area contributed by atoms with Gasteiger partial charge in [-0.1, -0.05) is 6.07 Å². The van der Waals surface area contributed by atoms with Crippen molar-refractivity contribution in [2.45, 2.75) is 18.8 Å². The summed E-state index contributed by atoms with van der Waals surface area (Å²) < 4.78 is 15.7. The first-order chi connectivity index (χ1) is 12.1.